The minimum Gasteiger partial charge on any atom is -0.454 e. The average Bonchev–Trinajstić information content (AvgIpc) is 3.40. The van der Waals surface area contributed by atoms with Crippen LogP contribution in [0, 0.1) is 13.8 Å². The van der Waals surface area contributed by atoms with Gasteiger partial charge in [-0.1, -0.05) is 17.4 Å². The van der Waals surface area contributed by atoms with Crippen molar-refractivity contribution in [3.8, 4) is 11.5 Å². The summed E-state index contributed by atoms with van der Waals surface area (Å²) in [5.74, 6) is 1.46. The number of aromatic nitrogens is 2. The number of aryl methyl sites for hydroxylation is 2. The van der Waals surface area contributed by atoms with Crippen LogP contribution in [0.1, 0.15) is 34.2 Å². The summed E-state index contributed by atoms with van der Waals surface area (Å²) in [6, 6.07) is 9.73. The summed E-state index contributed by atoms with van der Waals surface area (Å²) in [5, 5.41) is 22.6. The number of nitrogens with zero attached hydrogens (tertiary/aromatic N) is 4. The van der Waals surface area contributed by atoms with Crippen molar-refractivity contribution in [3.05, 3.63) is 57.6 Å². The molecule has 5 rings (SSSR count). The van der Waals surface area contributed by atoms with Crippen LogP contribution in [-0.2, 0) is 6.42 Å². The smallest absolute Gasteiger partial charge is 0.318 e. The summed E-state index contributed by atoms with van der Waals surface area (Å²) in [6.45, 7) is 6.24. The van der Waals surface area contributed by atoms with E-state index in [1.807, 2.05) is 49.2 Å². The first-order chi connectivity index (χ1) is 15.9. The summed E-state index contributed by atoms with van der Waals surface area (Å²) in [6.07, 6.45) is 0.757. The highest BCUT2D eigenvalue weighted by molar-refractivity contribution is 7.15. The van der Waals surface area contributed by atoms with Crippen LogP contribution in [0.3, 0.4) is 0 Å². The van der Waals surface area contributed by atoms with Gasteiger partial charge in [-0.2, -0.15) is 5.10 Å². The first-order valence-electron chi connectivity index (χ1n) is 10.6. The molecule has 33 heavy (non-hydrogen) atoms. The van der Waals surface area contributed by atoms with E-state index >= 15 is 0 Å². The monoisotopic (exact) mass is 464 g/mol. The van der Waals surface area contributed by atoms with E-state index in [1.165, 1.54) is 11.3 Å². The highest BCUT2D eigenvalue weighted by Gasteiger charge is 2.29. The number of hydrogen-bond donors (Lipinski definition) is 2. The quantitative estimate of drug-likeness (QED) is 0.611. The molecule has 10 heteroatoms. The maximum atomic E-state index is 11.8. The van der Waals surface area contributed by atoms with Gasteiger partial charge < -0.3 is 20.1 Å². The minimum atomic E-state index is -0.262. The van der Waals surface area contributed by atoms with E-state index in [1.54, 1.807) is 7.05 Å². The summed E-state index contributed by atoms with van der Waals surface area (Å²) in [7, 11) is 1.59. The van der Waals surface area contributed by atoms with Crippen LogP contribution in [0.4, 0.5) is 15.6 Å². The fourth-order valence-electron chi connectivity index (χ4n) is 4.00. The van der Waals surface area contributed by atoms with Crippen LogP contribution in [0.15, 0.2) is 35.4 Å². The number of hydrogen-bond acceptors (Lipinski definition) is 8. The first-order valence-corrected chi connectivity index (χ1v) is 11.4. The number of anilines is 2. The Kier molecular flexibility index (Phi) is 5.37. The Balaban J connectivity index is 1.65. The summed E-state index contributed by atoms with van der Waals surface area (Å²) < 4.78 is 11.3. The van der Waals surface area contributed by atoms with Crippen LogP contribution in [0.25, 0.3) is 0 Å². The third kappa shape index (κ3) is 3.97. The van der Waals surface area contributed by atoms with Gasteiger partial charge in [0.2, 0.25) is 11.9 Å². The van der Waals surface area contributed by atoms with Gasteiger partial charge in [-0.25, -0.2) is 9.80 Å². The third-order valence-electron chi connectivity index (χ3n) is 5.68. The number of benzene rings is 2. The van der Waals surface area contributed by atoms with E-state index in [2.05, 4.69) is 27.8 Å². The average molecular weight is 465 g/mol. The topological polar surface area (TPSA) is 101 Å². The van der Waals surface area contributed by atoms with Crippen molar-refractivity contribution in [2.24, 2.45) is 5.10 Å². The van der Waals surface area contributed by atoms with Crippen LogP contribution >= 0.6 is 11.3 Å². The molecule has 2 aliphatic rings. The molecule has 0 radical (unpaired) electrons. The predicted molar refractivity (Wildman–Crippen MR) is 128 cm³/mol. The molecule has 0 fully saturated rings. The van der Waals surface area contributed by atoms with Crippen molar-refractivity contribution < 1.29 is 14.3 Å². The number of fused-ring (bicyclic) bond motifs is 2. The molecule has 0 spiro atoms. The molecule has 2 aliphatic heterocycles. The van der Waals surface area contributed by atoms with E-state index < -0.39 is 0 Å². The number of carbonyl (C=O) groups excluding carboxylic acids is 1. The molecule has 1 aromatic heterocycles. The molecule has 3 heterocycles. The van der Waals surface area contributed by atoms with Gasteiger partial charge in [0.1, 0.15) is 5.01 Å². The molecule has 0 saturated carbocycles. The lowest BCUT2D eigenvalue weighted by Crippen LogP contribution is -2.29. The summed E-state index contributed by atoms with van der Waals surface area (Å²) >= 11 is 1.51. The standard InChI is InChI=1S/C23H24N6O3S/c1-12-7-15(5-6-18(12)25-22(30)24-4)21-17-10-20-19(31-11-32-20)9-16(17)8-13(2)29(28-21)23-27-26-14(3)33-23/h5-7,9-10,13H,8,11H2,1-4H3,(H2,24,25,30)/t13-/m1/s1. The maximum absolute atomic E-state index is 11.8. The second kappa shape index (κ2) is 8.36. The number of amides is 2. The lowest BCUT2D eigenvalue weighted by atomic mass is 9.93. The molecule has 0 bridgehead atoms. The molecule has 2 amide bonds. The van der Waals surface area contributed by atoms with Crippen molar-refractivity contribution in [2.45, 2.75) is 33.2 Å². The van der Waals surface area contributed by atoms with Crippen molar-refractivity contribution in [3.63, 3.8) is 0 Å². The molecule has 3 aromatic rings. The van der Waals surface area contributed by atoms with E-state index in [-0.39, 0.29) is 18.9 Å². The van der Waals surface area contributed by atoms with Crippen molar-refractivity contribution in [1.82, 2.24) is 15.5 Å². The maximum Gasteiger partial charge on any atom is 0.318 e. The van der Waals surface area contributed by atoms with Gasteiger partial charge >= 0.3 is 6.03 Å². The second-order valence-corrected chi connectivity index (χ2v) is 9.21. The molecule has 0 saturated heterocycles. The molecule has 170 valence electrons. The lowest BCUT2D eigenvalue weighted by molar-refractivity contribution is 0.174. The number of ether oxygens (including phenoxy) is 2. The molecular formula is C23H24N6O3S. The largest absolute Gasteiger partial charge is 0.454 e. The molecule has 2 N–H and O–H groups in total. The van der Waals surface area contributed by atoms with Gasteiger partial charge in [-0.15, -0.1) is 10.2 Å². The van der Waals surface area contributed by atoms with Gasteiger partial charge in [0.15, 0.2) is 11.5 Å². The number of nitrogens with one attached hydrogen (secondary N) is 2. The van der Waals surface area contributed by atoms with E-state index in [0.29, 0.717) is 5.75 Å². The Labute approximate surface area is 195 Å². The van der Waals surface area contributed by atoms with Crippen LogP contribution in [0.2, 0.25) is 0 Å². The predicted octanol–water partition coefficient (Wildman–Crippen LogP) is 3.84. The van der Waals surface area contributed by atoms with E-state index in [0.717, 1.165) is 56.0 Å². The lowest BCUT2D eigenvalue weighted by Gasteiger charge is -2.22. The number of carbonyl (C=O) groups is 1. The van der Waals surface area contributed by atoms with Gasteiger partial charge in [-0.3, -0.25) is 0 Å². The zero-order chi connectivity index (χ0) is 23.1. The number of rotatable bonds is 3. The van der Waals surface area contributed by atoms with E-state index in [4.69, 9.17) is 14.6 Å². The van der Waals surface area contributed by atoms with Crippen molar-refractivity contribution in [1.29, 1.82) is 0 Å². The molecule has 1 atom stereocenters. The van der Waals surface area contributed by atoms with Crippen molar-refractivity contribution >= 4 is 33.9 Å². The summed E-state index contributed by atoms with van der Waals surface area (Å²) in [4.78, 5) is 11.8. The second-order valence-electron chi connectivity index (χ2n) is 8.05. The normalized spacial score (nSPS) is 16.7. The SMILES string of the molecule is CNC(=O)Nc1ccc(C2=NN(c3nnc(C)s3)[C@H](C)Cc3cc4c(cc32)OCO4)cc1C. The Hall–Kier alpha value is -3.66. The van der Waals surface area contributed by atoms with Gasteiger partial charge in [0.25, 0.3) is 0 Å². The van der Waals surface area contributed by atoms with Gasteiger partial charge in [0.05, 0.1) is 11.8 Å². The van der Waals surface area contributed by atoms with Gasteiger partial charge in [0, 0.05) is 23.9 Å². The Morgan fingerprint density at radius 1 is 1.15 bits per heavy atom. The molecule has 0 unspecified atom stereocenters. The Morgan fingerprint density at radius 3 is 2.64 bits per heavy atom. The zero-order valence-electron chi connectivity index (χ0n) is 18.8. The number of hydrazone groups is 1. The summed E-state index contributed by atoms with van der Waals surface area (Å²) in [5.41, 5.74) is 5.51. The third-order valence-corrected chi connectivity index (χ3v) is 6.51. The molecule has 2 aromatic carbocycles. The van der Waals surface area contributed by atoms with Crippen molar-refractivity contribution in [2.75, 3.05) is 24.2 Å². The zero-order valence-corrected chi connectivity index (χ0v) is 19.6. The minimum absolute atomic E-state index is 0.0595. The highest BCUT2D eigenvalue weighted by Crippen LogP contribution is 2.38. The fourth-order valence-corrected chi connectivity index (χ4v) is 4.74. The Morgan fingerprint density at radius 2 is 1.94 bits per heavy atom. The van der Waals surface area contributed by atoms with Crippen LogP contribution in [0.5, 0.6) is 11.5 Å². The number of urea groups is 1. The van der Waals surface area contributed by atoms with Crippen LogP contribution in [-0.4, -0.2) is 41.8 Å². The Bertz CT molecular complexity index is 1270. The van der Waals surface area contributed by atoms with Crippen LogP contribution < -0.4 is 25.1 Å². The molecule has 9 nitrogen and oxygen atoms in total. The molecule has 0 aliphatic carbocycles. The first kappa shape index (κ1) is 21.2. The molecular weight excluding hydrogens is 440 g/mol. The van der Waals surface area contributed by atoms with Gasteiger partial charge in [-0.05, 0) is 62.6 Å². The van der Waals surface area contributed by atoms with E-state index in [9.17, 15) is 4.79 Å². The fraction of sp³-hybridized carbons (Fsp3) is 0.304. The highest BCUT2D eigenvalue weighted by atomic mass is 32.1.